The highest BCUT2D eigenvalue weighted by Crippen LogP contribution is 2.39. The molecule has 1 unspecified atom stereocenters. The van der Waals surface area contributed by atoms with Gasteiger partial charge in [0.25, 0.3) is 0 Å². The zero-order valence-corrected chi connectivity index (χ0v) is 20.7. The quantitative estimate of drug-likeness (QED) is 0.356. The molecule has 8 nitrogen and oxygen atoms in total. The number of fused-ring (bicyclic) bond motifs is 3. The van der Waals surface area contributed by atoms with E-state index in [0.29, 0.717) is 18.8 Å². The number of aromatic nitrogens is 3. The van der Waals surface area contributed by atoms with Crippen LogP contribution in [0.5, 0.6) is 5.75 Å². The molecule has 2 amide bonds. The molecular weight excluding hydrogens is 466 g/mol. The number of nitrogens with one attached hydrogen (secondary N) is 1. The number of aryl methyl sites for hydroxylation is 1. The lowest BCUT2D eigenvalue weighted by Crippen LogP contribution is -2.41. The van der Waals surface area contributed by atoms with E-state index >= 15 is 0 Å². The largest absolute Gasteiger partial charge is 0.497 e. The van der Waals surface area contributed by atoms with Crippen molar-refractivity contribution in [2.75, 3.05) is 7.11 Å². The molecule has 0 saturated carbocycles. The molecule has 0 fully saturated rings. The SMILES string of the molecule is COc1cccc(C2c3cccn3-c3c(c(C)nn3-c3ccccc3)CN2C(=O)NCc2ccco2)c1. The van der Waals surface area contributed by atoms with Gasteiger partial charge in [0.1, 0.15) is 17.3 Å². The highest BCUT2D eigenvalue weighted by atomic mass is 16.5. The van der Waals surface area contributed by atoms with Gasteiger partial charge in [-0.25, -0.2) is 9.48 Å². The van der Waals surface area contributed by atoms with E-state index in [4.69, 9.17) is 14.3 Å². The number of urea groups is 1. The molecule has 1 aliphatic heterocycles. The molecule has 0 radical (unpaired) electrons. The fraction of sp³-hybridized carbons (Fsp3) is 0.172. The van der Waals surface area contributed by atoms with E-state index in [1.54, 1.807) is 13.4 Å². The summed E-state index contributed by atoms with van der Waals surface area (Å²) >= 11 is 0. The zero-order chi connectivity index (χ0) is 25.4. The van der Waals surface area contributed by atoms with E-state index in [0.717, 1.165) is 39.8 Å². The summed E-state index contributed by atoms with van der Waals surface area (Å²) in [6, 6.07) is 25.1. The van der Waals surface area contributed by atoms with E-state index < -0.39 is 0 Å². The summed E-state index contributed by atoms with van der Waals surface area (Å²) in [6.45, 7) is 2.66. The average molecular weight is 494 g/mol. The van der Waals surface area contributed by atoms with Gasteiger partial charge >= 0.3 is 6.03 Å². The molecule has 0 saturated heterocycles. The van der Waals surface area contributed by atoms with Crippen LogP contribution >= 0.6 is 0 Å². The van der Waals surface area contributed by atoms with Gasteiger partial charge < -0.3 is 23.9 Å². The first-order chi connectivity index (χ1) is 18.1. The molecule has 2 aromatic carbocycles. The second kappa shape index (κ2) is 9.39. The Labute approximate surface area is 214 Å². The van der Waals surface area contributed by atoms with Crippen LogP contribution in [0.3, 0.4) is 0 Å². The first-order valence-electron chi connectivity index (χ1n) is 12.2. The van der Waals surface area contributed by atoms with Crippen molar-refractivity contribution in [1.29, 1.82) is 0 Å². The third-order valence-electron chi connectivity index (χ3n) is 6.75. The maximum absolute atomic E-state index is 13.8. The summed E-state index contributed by atoms with van der Waals surface area (Å²) in [5.41, 5.74) is 4.72. The molecule has 4 heterocycles. The summed E-state index contributed by atoms with van der Waals surface area (Å²) in [5.74, 6) is 2.36. The number of methoxy groups -OCH3 is 1. The smallest absolute Gasteiger partial charge is 0.318 e. The van der Waals surface area contributed by atoms with Crippen molar-refractivity contribution in [3.8, 4) is 17.3 Å². The predicted octanol–water partition coefficient (Wildman–Crippen LogP) is 5.39. The molecular formula is C29H27N5O3. The van der Waals surface area contributed by atoms with Gasteiger partial charge in [0.05, 0.1) is 49.6 Å². The van der Waals surface area contributed by atoms with Crippen LogP contribution in [0.25, 0.3) is 11.5 Å². The molecule has 3 aromatic heterocycles. The van der Waals surface area contributed by atoms with Gasteiger partial charge in [-0.2, -0.15) is 5.10 Å². The number of amides is 2. The standard InChI is InChI=1S/C29H27N5O3/c1-20-25-19-33(29(35)30-18-24-13-8-16-37-24)27(21-9-6-12-23(17-21)36-2)26-14-7-15-32(26)28(25)34(31-20)22-10-4-3-5-11-22/h3-17,27H,18-19H2,1-2H3,(H,30,35). The summed E-state index contributed by atoms with van der Waals surface area (Å²) < 4.78 is 15.1. The van der Waals surface area contributed by atoms with Crippen LogP contribution in [-0.2, 0) is 13.1 Å². The fourth-order valence-corrected chi connectivity index (χ4v) is 4.99. The molecule has 186 valence electrons. The minimum atomic E-state index is -0.363. The van der Waals surface area contributed by atoms with Gasteiger partial charge in [0.2, 0.25) is 0 Å². The molecule has 5 aromatic rings. The number of benzene rings is 2. The first-order valence-corrected chi connectivity index (χ1v) is 12.2. The number of para-hydroxylation sites is 1. The Morgan fingerprint density at radius 1 is 1.08 bits per heavy atom. The molecule has 0 spiro atoms. The van der Waals surface area contributed by atoms with E-state index in [1.807, 2.05) is 95.5 Å². The highest BCUT2D eigenvalue weighted by Gasteiger charge is 2.36. The predicted molar refractivity (Wildman–Crippen MR) is 139 cm³/mol. The number of carbonyl (C=O) groups excluding carboxylic acids is 1. The number of carbonyl (C=O) groups is 1. The molecule has 0 bridgehead atoms. The zero-order valence-electron chi connectivity index (χ0n) is 20.7. The Morgan fingerprint density at radius 3 is 2.73 bits per heavy atom. The van der Waals surface area contributed by atoms with Gasteiger partial charge in [-0.3, -0.25) is 0 Å². The van der Waals surface area contributed by atoms with Crippen LogP contribution in [-0.4, -0.2) is 32.4 Å². The number of hydrogen-bond donors (Lipinski definition) is 1. The van der Waals surface area contributed by atoms with Crippen LogP contribution in [0, 0.1) is 6.92 Å². The topological polar surface area (TPSA) is 77.5 Å². The van der Waals surface area contributed by atoms with Crippen molar-refractivity contribution < 1.29 is 13.9 Å². The van der Waals surface area contributed by atoms with Gasteiger partial charge in [0.15, 0.2) is 0 Å². The van der Waals surface area contributed by atoms with Crippen molar-refractivity contribution in [1.82, 2.24) is 24.6 Å². The third kappa shape index (κ3) is 4.06. The Morgan fingerprint density at radius 2 is 1.95 bits per heavy atom. The second-order valence-electron chi connectivity index (χ2n) is 8.98. The number of furan rings is 1. The summed E-state index contributed by atoms with van der Waals surface area (Å²) in [4.78, 5) is 15.7. The monoisotopic (exact) mass is 493 g/mol. The number of nitrogens with zero attached hydrogens (tertiary/aromatic N) is 4. The van der Waals surface area contributed by atoms with Gasteiger partial charge in [-0.05, 0) is 61.0 Å². The molecule has 1 aliphatic rings. The Balaban J connectivity index is 1.51. The number of rotatable bonds is 5. The Hall–Kier alpha value is -4.72. The lowest BCUT2D eigenvalue weighted by Gasteiger charge is -2.31. The molecule has 6 rings (SSSR count). The maximum Gasteiger partial charge on any atom is 0.318 e. The summed E-state index contributed by atoms with van der Waals surface area (Å²) in [7, 11) is 1.65. The highest BCUT2D eigenvalue weighted by molar-refractivity contribution is 5.76. The van der Waals surface area contributed by atoms with Crippen molar-refractivity contribution in [2.45, 2.75) is 26.1 Å². The van der Waals surface area contributed by atoms with Crippen molar-refractivity contribution in [3.05, 3.63) is 120 Å². The maximum atomic E-state index is 13.8. The molecule has 37 heavy (non-hydrogen) atoms. The molecule has 1 N–H and O–H groups in total. The molecule has 0 aliphatic carbocycles. The second-order valence-corrected chi connectivity index (χ2v) is 8.98. The van der Waals surface area contributed by atoms with Crippen LogP contribution < -0.4 is 10.1 Å². The van der Waals surface area contributed by atoms with Crippen LogP contribution in [0.15, 0.2) is 95.7 Å². The fourth-order valence-electron chi connectivity index (χ4n) is 4.99. The third-order valence-corrected chi connectivity index (χ3v) is 6.75. The van der Waals surface area contributed by atoms with E-state index in [9.17, 15) is 4.79 Å². The van der Waals surface area contributed by atoms with Gasteiger partial charge in [0, 0.05) is 11.8 Å². The number of ether oxygens (including phenoxy) is 1. The van der Waals surface area contributed by atoms with E-state index in [1.165, 1.54) is 0 Å². The minimum Gasteiger partial charge on any atom is -0.497 e. The van der Waals surface area contributed by atoms with Crippen LogP contribution in [0.1, 0.15) is 34.3 Å². The normalized spacial score (nSPS) is 14.5. The number of hydrogen-bond acceptors (Lipinski definition) is 4. The van der Waals surface area contributed by atoms with Crippen molar-refractivity contribution >= 4 is 6.03 Å². The van der Waals surface area contributed by atoms with Crippen molar-refractivity contribution in [2.24, 2.45) is 0 Å². The lowest BCUT2D eigenvalue weighted by molar-refractivity contribution is 0.179. The first kappa shape index (κ1) is 22.7. The van der Waals surface area contributed by atoms with Crippen LogP contribution in [0.4, 0.5) is 4.79 Å². The van der Waals surface area contributed by atoms with E-state index in [2.05, 4.69) is 16.0 Å². The molecule has 8 heteroatoms. The minimum absolute atomic E-state index is 0.198. The Bertz CT molecular complexity index is 1540. The van der Waals surface area contributed by atoms with Gasteiger partial charge in [-0.15, -0.1) is 0 Å². The van der Waals surface area contributed by atoms with E-state index in [-0.39, 0.29) is 12.1 Å². The van der Waals surface area contributed by atoms with Crippen molar-refractivity contribution in [3.63, 3.8) is 0 Å². The Kier molecular flexibility index (Phi) is 5.76. The summed E-state index contributed by atoms with van der Waals surface area (Å²) in [6.07, 6.45) is 3.64. The van der Waals surface area contributed by atoms with Crippen LogP contribution in [0.2, 0.25) is 0 Å². The summed E-state index contributed by atoms with van der Waals surface area (Å²) in [5, 5.41) is 7.94. The van der Waals surface area contributed by atoms with Gasteiger partial charge in [-0.1, -0.05) is 30.3 Å². The molecule has 1 atom stereocenters. The average Bonchev–Trinajstić information content (AvgIpc) is 3.67. The lowest BCUT2D eigenvalue weighted by atomic mass is 10.0.